The van der Waals surface area contributed by atoms with Gasteiger partial charge in [-0.1, -0.05) is 10.9 Å². The van der Waals surface area contributed by atoms with E-state index in [1.165, 1.54) is 43.9 Å². The van der Waals surface area contributed by atoms with Crippen LogP contribution in [0.15, 0.2) is 5.38 Å². The summed E-state index contributed by atoms with van der Waals surface area (Å²) in [5.74, 6) is 0. The van der Waals surface area contributed by atoms with Crippen molar-refractivity contribution in [3.63, 3.8) is 0 Å². The van der Waals surface area contributed by atoms with Gasteiger partial charge in [-0.3, -0.25) is 0 Å². The number of piperidine rings is 1. The highest BCUT2D eigenvalue weighted by Gasteiger charge is 2.13. The van der Waals surface area contributed by atoms with Gasteiger partial charge in [0.1, 0.15) is 0 Å². The first-order chi connectivity index (χ1) is 7.84. The highest BCUT2D eigenvalue weighted by Crippen LogP contribution is 2.08. The predicted octanol–water partition coefficient (Wildman–Crippen LogP) is 1.50. The maximum atomic E-state index is 4.03. The Morgan fingerprint density at radius 1 is 1.44 bits per heavy atom. The second kappa shape index (κ2) is 6.27. The zero-order chi connectivity index (χ0) is 11.2. The minimum Gasteiger partial charge on any atom is -0.307 e. The Hall–Kier alpha value is -0.520. The molecule has 1 unspecified atom stereocenters. The number of hydrogen-bond donors (Lipinski definition) is 1. The molecule has 1 aliphatic rings. The van der Waals surface area contributed by atoms with Gasteiger partial charge in [0.15, 0.2) is 0 Å². The molecule has 1 atom stereocenters. The molecule has 5 heteroatoms. The fourth-order valence-corrected chi connectivity index (χ4v) is 2.58. The van der Waals surface area contributed by atoms with Crippen LogP contribution in [0.3, 0.4) is 0 Å². The topological polar surface area (TPSA) is 41.0 Å². The van der Waals surface area contributed by atoms with Crippen molar-refractivity contribution in [2.24, 2.45) is 0 Å². The average molecular weight is 240 g/mol. The summed E-state index contributed by atoms with van der Waals surface area (Å²) in [7, 11) is 0. The number of likely N-dealkylation sites (tertiary alicyclic amines) is 1. The SMILES string of the molecule is CC(CN1CCCCC1)NCc1csnn1. The van der Waals surface area contributed by atoms with Crippen LogP contribution in [0.5, 0.6) is 0 Å². The first-order valence-electron chi connectivity index (χ1n) is 6.06. The molecule has 0 radical (unpaired) electrons. The van der Waals surface area contributed by atoms with Gasteiger partial charge < -0.3 is 10.2 Å². The first-order valence-corrected chi connectivity index (χ1v) is 6.90. The molecule has 2 heterocycles. The van der Waals surface area contributed by atoms with Crippen LogP contribution < -0.4 is 5.32 Å². The molecule has 0 aromatic carbocycles. The van der Waals surface area contributed by atoms with E-state index in [9.17, 15) is 0 Å². The molecule has 1 aromatic rings. The maximum Gasteiger partial charge on any atom is 0.0893 e. The summed E-state index contributed by atoms with van der Waals surface area (Å²) in [4.78, 5) is 2.56. The van der Waals surface area contributed by atoms with Crippen molar-refractivity contribution in [3.8, 4) is 0 Å². The lowest BCUT2D eigenvalue weighted by Gasteiger charge is -2.29. The van der Waals surface area contributed by atoms with Crippen molar-refractivity contribution in [3.05, 3.63) is 11.1 Å². The van der Waals surface area contributed by atoms with Gasteiger partial charge in [-0.25, -0.2) is 0 Å². The van der Waals surface area contributed by atoms with Gasteiger partial charge in [0.2, 0.25) is 0 Å². The number of aromatic nitrogens is 2. The third kappa shape index (κ3) is 3.81. The summed E-state index contributed by atoms with van der Waals surface area (Å²) in [5, 5.41) is 9.52. The highest BCUT2D eigenvalue weighted by atomic mass is 32.1. The molecule has 90 valence electrons. The van der Waals surface area contributed by atoms with Crippen molar-refractivity contribution in [1.82, 2.24) is 19.8 Å². The summed E-state index contributed by atoms with van der Waals surface area (Å²) in [6, 6.07) is 0.528. The van der Waals surface area contributed by atoms with Crippen molar-refractivity contribution in [1.29, 1.82) is 0 Å². The number of rotatable bonds is 5. The average Bonchev–Trinajstić information content (AvgIpc) is 2.81. The molecule has 1 saturated heterocycles. The van der Waals surface area contributed by atoms with Crippen LogP contribution >= 0.6 is 11.5 Å². The van der Waals surface area contributed by atoms with E-state index in [1.807, 2.05) is 5.38 Å². The number of hydrogen-bond acceptors (Lipinski definition) is 5. The molecule has 1 N–H and O–H groups in total. The van der Waals surface area contributed by atoms with Crippen molar-refractivity contribution < 1.29 is 0 Å². The molecular formula is C11H20N4S. The Morgan fingerprint density at radius 2 is 2.25 bits per heavy atom. The Kier molecular flexibility index (Phi) is 4.69. The second-order valence-corrected chi connectivity index (χ2v) is 5.15. The van der Waals surface area contributed by atoms with E-state index >= 15 is 0 Å². The molecule has 0 saturated carbocycles. The van der Waals surface area contributed by atoms with E-state index in [-0.39, 0.29) is 0 Å². The summed E-state index contributed by atoms with van der Waals surface area (Å²) in [6.07, 6.45) is 4.13. The number of nitrogens with one attached hydrogen (secondary N) is 1. The van der Waals surface area contributed by atoms with Crippen LogP contribution in [0.4, 0.5) is 0 Å². The van der Waals surface area contributed by atoms with Crippen LogP contribution in [0.25, 0.3) is 0 Å². The van der Waals surface area contributed by atoms with Gasteiger partial charge in [-0.15, -0.1) is 5.10 Å². The Balaban J connectivity index is 1.65. The summed E-state index contributed by atoms with van der Waals surface area (Å²) in [6.45, 7) is 6.77. The van der Waals surface area contributed by atoms with Gasteiger partial charge in [0.05, 0.1) is 5.69 Å². The molecule has 0 aliphatic carbocycles. The predicted molar refractivity (Wildman–Crippen MR) is 66.5 cm³/mol. The van der Waals surface area contributed by atoms with Gasteiger partial charge in [0, 0.05) is 24.5 Å². The van der Waals surface area contributed by atoms with Gasteiger partial charge in [-0.2, -0.15) is 0 Å². The van der Waals surface area contributed by atoms with Crippen LogP contribution in [0, 0.1) is 0 Å². The zero-order valence-electron chi connectivity index (χ0n) is 9.85. The molecule has 0 bridgehead atoms. The van der Waals surface area contributed by atoms with E-state index in [0.29, 0.717) is 6.04 Å². The van der Waals surface area contributed by atoms with Crippen LogP contribution in [-0.4, -0.2) is 40.2 Å². The quantitative estimate of drug-likeness (QED) is 0.847. The molecule has 1 aliphatic heterocycles. The molecule has 0 spiro atoms. The van der Waals surface area contributed by atoms with E-state index in [4.69, 9.17) is 0 Å². The molecule has 0 amide bonds. The fraction of sp³-hybridized carbons (Fsp3) is 0.818. The monoisotopic (exact) mass is 240 g/mol. The van der Waals surface area contributed by atoms with Gasteiger partial charge in [-0.05, 0) is 44.4 Å². The van der Waals surface area contributed by atoms with Crippen LogP contribution in [0.1, 0.15) is 31.9 Å². The third-order valence-electron chi connectivity index (χ3n) is 3.02. The van der Waals surface area contributed by atoms with Crippen LogP contribution in [0.2, 0.25) is 0 Å². The number of nitrogens with zero attached hydrogens (tertiary/aromatic N) is 3. The van der Waals surface area contributed by atoms with Crippen molar-refractivity contribution >= 4 is 11.5 Å². The summed E-state index contributed by atoms with van der Waals surface area (Å²) in [5.41, 5.74) is 1.05. The Morgan fingerprint density at radius 3 is 2.94 bits per heavy atom. The van der Waals surface area contributed by atoms with E-state index in [1.54, 1.807) is 0 Å². The van der Waals surface area contributed by atoms with E-state index in [0.717, 1.165) is 18.8 Å². The molecule has 16 heavy (non-hydrogen) atoms. The van der Waals surface area contributed by atoms with Gasteiger partial charge >= 0.3 is 0 Å². The third-order valence-corrected chi connectivity index (χ3v) is 3.57. The minimum atomic E-state index is 0.528. The lowest BCUT2D eigenvalue weighted by Crippen LogP contribution is -2.41. The smallest absolute Gasteiger partial charge is 0.0893 e. The highest BCUT2D eigenvalue weighted by molar-refractivity contribution is 7.03. The maximum absolute atomic E-state index is 4.03. The fourth-order valence-electron chi connectivity index (χ4n) is 2.13. The normalized spacial score (nSPS) is 19.8. The van der Waals surface area contributed by atoms with Crippen LogP contribution in [-0.2, 0) is 6.54 Å². The molecule has 1 fully saturated rings. The summed E-state index contributed by atoms with van der Waals surface area (Å²) < 4.78 is 3.86. The lowest BCUT2D eigenvalue weighted by atomic mass is 10.1. The van der Waals surface area contributed by atoms with Crippen molar-refractivity contribution in [2.45, 2.75) is 38.8 Å². The van der Waals surface area contributed by atoms with E-state index < -0.39 is 0 Å². The molecule has 2 rings (SSSR count). The minimum absolute atomic E-state index is 0.528. The molecule has 1 aromatic heterocycles. The van der Waals surface area contributed by atoms with Crippen molar-refractivity contribution in [2.75, 3.05) is 19.6 Å². The Labute approximate surface area is 101 Å². The largest absolute Gasteiger partial charge is 0.307 e. The van der Waals surface area contributed by atoms with E-state index in [2.05, 4.69) is 26.7 Å². The lowest BCUT2D eigenvalue weighted by molar-refractivity contribution is 0.208. The second-order valence-electron chi connectivity index (χ2n) is 4.54. The molecule has 4 nitrogen and oxygen atoms in total. The first kappa shape index (κ1) is 12.0. The zero-order valence-corrected chi connectivity index (χ0v) is 10.7. The Bertz CT molecular complexity index is 282. The molecular weight excluding hydrogens is 220 g/mol. The van der Waals surface area contributed by atoms with Gasteiger partial charge in [0.25, 0.3) is 0 Å². The summed E-state index contributed by atoms with van der Waals surface area (Å²) >= 11 is 1.42. The standard InChI is InChI=1S/C11H20N4S/c1-10(8-15-5-3-2-4-6-15)12-7-11-9-16-14-13-11/h9-10,12H,2-8H2,1H3.